The number of nitrogens with zero attached hydrogens (tertiary/aromatic N) is 1. The molecule has 60 valence electrons. The average molecular weight is 151 g/mol. The lowest BCUT2D eigenvalue weighted by Crippen LogP contribution is -2.10. The van der Waals surface area contributed by atoms with Crippen molar-refractivity contribution in [1.82, 2.24) is 9.97 Å². The zero-order valence-electron chi connectivity index (χ0n) is 6.51. The summed E-state index contributed by atoms with van der Waals surface area (Å²) in [6.07, 6.45) is 5.77. The summed E-state index contributed by atoms with van der Waals surface area (Å²) < 4.78 is 0. The van der Waals surface area contributed by atoms with Crippen LogP contribution in [0.4, 0.5) is 0 Å². The molecule has 3 nitrogen and oxygen atoms in total. The number of imidazole rings is 1. The second-order valence-corrected chi connectivity index (χ2v) is 3.13. The van der Waals surface area contributed by atoms with E-state index in [0.717, 1.165) is 11.5 Å². The number of nitrogens with one attached hydrogen (secondary N) is 1. The zero-order chi connectivity index (χ0) is 7.68. The molecule has 11 heavy (non-hydrogen) atoms. The summed E-state index contributed by atoms with van der Waals surface area (Å²) in [5, 5.41) is 0. The van der Waals surface area contributed by atoms with Crippen LogP contribution >= 0.6 is 0 Å². The van der Waals surface area contributed by atoms with Crippen LogP contribution in [0.1, 0.15) is 36.7 Å². The molecule has 0 spiro atoms. The van der Waals surface area contributed by atoms with Gasteiger partial charge in [-0.05, 0) is 12.8 Å². The van der Waals surface area contributed by atoms with E-state index in [1.165, 1.54) is 19.3 Å². The van der Waals surface area contributed by atoms with Gasteiger partial charge >= 0.3 is 0 Å². The Morgan fingerprint density at radius 1 is 1.64 bits per heavy atom. The van der Waals surface area contributed by atoms with E-state index in [0.29, 0.717) is 12.5 Å². The van der Waals surface area contributed by atoms with Gasteiger partial charge in [-0.2, -0.15) is 0 Å². The van der Waals surface area contributed by atoms with Crippen LogP contribution in [0, 0.1) is 0 Å². The van der Waals surface area contributed by atoms with Gasteiger partial charge in [-0.3, -0.25) is 0 Å². The maximum absolute atomic E-state index is 5.45. The van der Waals surface area contributed by atoms with Crippen LogP contribution in [0.2, 0.25) is 0 Å². The summed E-state index contributed by atoms with van der Waals surface area (Å²) in [6.45, 7) is 0.569. The molecule has 0 bridgehead atoms. The Balaban J connectivity index is 2.11. The van der Waals surface area contributed by atoms with Crippen molar-refractivity contribution in [3.63, 3.8) is 0 Å². The van der Waals surface area contributed by atoms with Crippen molar-refractivity contribution in [3.05, 3.63) is 17.7 Å². The van der Waals surface area contributed by atoms with Crippen molar-refractivity contribution in [1.29, 1.82) is 0 Å². The highest BCUT2D eigenvalue weighted by Gasteiger charge is 2.21. The Bertz CT molecular complexity index is 237. The lowest BCUT2D eigenvalue weighted by atomic mass is 9.85. The number of rotatable bonds is 2. The highest BCUT2D eigenvalue weighted by atomic mass is 14.9. The highest BCUT2D eigenvalue weighted by Crippen LogP contribution is 2.34. The molecule has 0 aromatic carbocycles. The minimum Gasteiger partial charge on any atom is -0.345 e. The van der Waals surface area contributed by atoms with Gasteiger partial charge in [0, 0.05) is 24.4 Å². The summed E-state index contributed by atoms with van der Waals surface area (Å²) in [6, 6.07) is 0. The minimum atomic E-state index is 0.569. The maximum atomic E-state index is 5.45. The predicted molar refractivity (Wildman–Crippen MR) is 43.1 cm³/mol. The first-order chi connectivity index (χ1) is 5.40. The van der Waals surface area contributed by atoms with Crippen molar-refractivity contribution in [2.45, 2.75) is 31.7 Å². The van der Waals surface area contributed by atoms with E-state index in [4.69, 9.17) is 5.73 Å². The Morgan fingerprint density at radius 2 is 2.45 bits per heavy atom. The molecule has 3 N–H and O–H groups in total. The van der Waals surface area contributed by atoms with Crippen LogP contribution in [0.3, 0.4) is 0 Å². The van der Waals surface area contributed by atoms with Crippen LogP contribution in [0.15, 0.2) is 6.20 Å². The van der Waals surface area contributed by atoms with E-state index in [-0.39, 0.29) is 0 Å². The monoisotopic (exact) mass is 151 g/mol. The van der Waals surface area contributed by atoms with Gasteiger partial charge in [0.2, 0.25) is 0 Å². The number of hydrogen-bond donors (Lipinski definition) is 2. The molecule has 1 heterocycles. The van der Waals surface area contributed by atoms with E-state index in [2.05, 4.69) is 9.97 Å². The van der Waals surface area contributed by atoms with Crippen LogP contribution in [0.5, 0.6) is 0 Å². The van der Waals surface area contributed by atoms with Crippen molar-refractivity contribution >= 4 is 0 Å². The van der Waals surface area contributed by atoms with Gasteiger partial charge in [0.1, 0.15) is 5.82 Å². The molecule has 1 fully saturated rings. The van der Waals surface area contributed by atoms with Gasteiger partial charge in [-0.1, -0.05) is 6.42 Å². The molecule has 0 saturated heterocycles. The van der Waals surface area contributed by atoms with Gasteiger partial charge in [-0.15, -0.1) is 0 Å². The third-order valence-corrected chi connectivity index (χ3v) is 2.36. The van der Waals surface area contributed by atoms with Gasteiger partial charge in [0.05, 0.1) is 0 Å². The number of hydrogen-bond acceptors (Lipinski definition) is 2. The normalized spacial score (nSPS) is 18.3. The molecular formula is C8H13N3. The fraction of sp³-hybridized carbons (Fsp3) is 0.625. The number of H-pyrrole nitrogens is 1. The molecule has 1 aromatic heterocycles. The number of aromatic nitrogens is 2. The lowest BCUT2D eigenvalue weighted by Gasteiger charge is -2.22. The van der Waals surface area contributed by atoms with Crippen molar-refractivity contribution in [2.24, 2.45) is 5.73 Å². The molecule has 1 saturated carbocycles. The van der Waals surface area contributed by atoms with Gasteiger partial charge < -0.3 is 10.7 Å². The van der Waals surface area contributed by atoms with E-state index in [1.54, 1.807) is 0 Å². The Morgan fingerprint density at radius 3 is 2.91 bits per heavy atom. The van der Waals surface area contributed by atoms with Gasteiger partial charge in [0.15, 0.2) is 0 Å². The average Bonchev–Trinajstić information content (AvgIpc) is 2.32. The van der Waals surface area contributed by atoms with Crippen molar-refractivity contribution < 1.29 is 0 Å². The zero-order valence-corrected chi connectivity index (χ0v) is 6.51. The Labute approximate surface area is 66.0 Å². The predicted octanol–water partition coefficient (Wildman–Crippen LogP) is 1.14. The van der Waals surface area contributed by atoms with Crippen LogP contribution in [0.25, 0.3) is 0 Å². The maximum Gasteiger partial charge on any atom is 0.109 e. The molecule has 1 aliphatic carbocycles. The SMILES string of the molecule is NCc1cnc(C2CCC2)[nH]1. The Kier molecular flexibility index (Phi) is 1.66. The van der Waals surface area contributed by atoms with E-state index < -0.39 is 0 Å². The van der Waals surface area contributed by atoms with Gasteiger partial charge in [-0.25, -0.2) is 4.98 Å². The quantitative estimate of drug-likeness (QED) is 0.665. The van der Waals surface area contributed by atoms with Crippen molar-refractivity contribution in [3.8, 4) is 0 Å². The lowest BCUT2D eigenvalue weighted by molar-refractivity contribution is 0.403. The van der Waals surface area contributed by atoms with Crippen LogP contribution < -0.4 is 5.73 Å². The molecule has 3 heteroatoms. The number of nitrogens with two attached hydrogens (primary N) is 1. The summed E-state index contributed by atoms with van der Waals surface area (Å²) in [5.41, 5.74) is 6.50. The Hall–Kier alpha value is -0.830. The second-order valence-electron chi connectivity index (χ2n) is 3.13. The summed E-state index contributed by atoms with van der Waals surface area (Å²) in [7, 11) is 0. The largest absolute Gasteiger partial charge is 0.345 e. The molecule has 0 unspecified atom stereocenters. The third-order valence-electron chi connectivity index (χ3n) is 2.36. The van der Waals surface area contributed by atoms with E-state index >= 15 is 0 Å². The molecule has 1 aromatic rings. The molecule has 0 radical (unpaired) electrons. The topological polar surface area (TPSA) is 54.7 Å². The van der Waals surface area contributed by atoms with Crippen molar-refractivity contribution in [2.75, 3.05) is 0 Å². The highest BCUT2D eigenvalue weighted by molar-refractivity contribution is 5.07. The van der Waals surface area contributed by atoms with Gasteiger partial charge in [0.25, 0.3) is 0 Å². The standard InChI is InChI=1S/C8H13N3/c9-4-7-5-10-8(11-7)6-2-1-3-6/h5-6H,1-4,9H2,(H,10,11). The minimum absolute atomic E-state index is 0.569. The summed E-state index contributed by atoms with van der Waals surface area (Å²) in [5.74, 6) is 1.83. The summed E-state index contributed by atoms with van der Waals surface area (Å²) >= 11 is 0. The number of aromatic amines is 1. The second kappa shape index (κ2) is 2.66. The first-order valence-corrected chi connectivity index (χ1v) is 4.14. The first kappa shape index (κ1) is 6.85. The summed E-state index contributed by atoms with van der Waals surface area (Å²) in [4.78, 5) is 7.50. The van der Waals surface area contributed by atoms with E-state index in [1.807, 2.05) is 6.20 Å². The molecule has 2 rings (SSSR count). The first-order valence-electron chi connectivity index (χ1n) is 4.14. The molecule has 0 amide bonds. The third kappa shape index (κ3) is 1.16. The molecule has 1 aliphatic rings. The fourth-order valence-electron chi connectivity index (χ4n) is 1.37. The molecule has 0 atom stereocenters. The van der Waals surface area contributed by atoms with Crippen LogP contribution in [-0.4, -0.2) is 9.97 Å². The fourth-order valence-corrected chi connectivity index (χ4v) is 1.37. The molecular weight excluding hydrogens is 138 g/mol. The van der Waals surface area contributed by atoms with E-state index in [9.17, 15) is 0 Å². The smallest absolute Gasteiger partial charge is 0.109 e. The molecule has 0 aliphatic heterocycles. The van der Waals surface area contributed by atoms with Crippen LogP contribution in [-0.2, 0) is 6.54 Å².